The molecule has 0 heterocycles. The molecule has 1 N–H and O–H groups in total. The number of rotatable bonds is 5. The Morgan fingerprint density at radius 1 is 1.44 bits per heavy atom. The van der Waals surface area contributed by atoms with Gasteiger partial charge in [-0.15, -0.1) is 0 Å². The molecule has 0 unspecified atom stereocenters. The fourth-order valence-electron chi connectivity index (χ4n) is 1.33. The molecule has 98 valence electrons. The number of anilines is 1. The Labute approximate surface area is 105 Å². The highest BCUT2D eigenvalue weighted by atomic mass is 19.1. The summed E-state index contributed by atoms with van der Waals surface area (Å²) >= 11 is 0. The quantitative estimate of drug-likeness (QED) is 0.646. The number of hydrogen-bond acceptors (Lipinski definition) is 4. The summed E-state index contributed by atoms with van der Waals surface area (Å²) in [6.45, 7) is 1.96. The molecule has 1 aromatic rings. The van der Waals surface area contributed by atoms with Crippen molar-refractivity contribution in [2.75, 3.05) is 26.1 Å². The van der Waals surface area contributed by atoms with Crippen molar-refractivity contribution in [3.8, 4) is 5.75 Å². The second kappa shape index (κ2) is 6.64. The maximum absolute atomic E-state index is 13.4. The third kappa shape index (κ3) is 3.76. The van der Waals surface area contributed by atoms with Crippen molar-refractivity contribution in [2.24, 2.45) is 0 Å². The molecule has 18 heavy (non-hydrogen) atoms. The van der Waals surface area contributed by atoms with E-state index >= 15 is 0 Å². The van der Waals surface area contributed by atoms with Crippen LogP contribution in [0.5, 0.6) is 5.75 Å². The van der Waals surface area contributed by atoms with Crippen molar-refractivity contribution in [3.63, 3.8) is 0 Å². The van der Waals surface area contributed by atoms with Crippen LogP contribution < -0.4 is 10.1 Å². The number of halogens is 1. The van der Waals surface area contributed by atoms with Crippen molar-refractivity contribution in [3.05, 3.63) is 35.7 Å². The van der Waals surface area contributed by atoms with Gasteiger partial charge in [-0.3, -0.25) is 0 Å². The fourth-order valence-corrected chi connectivity index (χ4v) is 1.33. The standard InChI is InChI=1S/C13H16FNO3/c1-9(13(16)18-3)6-7-15-12-8-10(17-2)4-5-11(12)14/h4-6,8,15H,7H2,1-3H3/b9-6+. The van der Waals surface area contributed by atoms with Gasteiger partial charge in [0, 0.05) is 18.2 Å². The van der Waals surface area contributed by atoms with E-state index in [-0.39, 0.29) is 5.82 Å². The number of carbonyl (C=O) groups excluding carboxylic acids is 1. The number of nitrogens with one attached hydrogen (secondary N) is 1. The third-order valence-corrected chi connectivity index (χ3v) is 2.38. The highest BCUT2D eigenvalue weighted by molar-refractivity contribution is 5.87. The molecule has 0 spiro atoms. The summed E-state index contributed by atoms with van der Waals surface area (Å²) in [6.07, 6.45) is 1.63. The molecule has 5 heteroatoms. The lowest BCUT2D eigenvalue weighted by Gasteiger charge is -2.07. The average molecular weight is 253 g/mol. The van der Waals surface area contributed by atoms with E-state index in [9.17, 15) is 9.18 Å². The van der Waals surface area contributed by atoms with Gasteiger partial charge in [0.1, 0.15) is 11.6 Å². The van der Waals surface area contributed by atoms with Crippen LogP contribution in [0.15, 0.2) is 29.8 Å². The summed E-state index contributed by atoms with van der Waals surface area (Å²) in [5.74, 6) is -0.213. The summed E-state index contributed by atoms with van der Waals surface area (Å²) in [5, 5.41) is 2.86. The molecule has 0 fully saturated rings. The zero-order valence-corrected chi connectivity index (χ0v) is 10.6. The molecule has 0 aliphatic carbocycles. The first-order valence-corrected chi connectivity index (χ1v) is 5.41. The second-order valence-corrected chi connectivity index (χ2v) is 3.61. The smallest absolute Gasteiger partial charge is 0.333 e. The first-order valence-electron chi connectivity index (χ1n) is 5.41. The van der Waals surface area contributed by atoms with E-state index < -0.39 is 5.97 Å². The Bertz CT molecular complexity index is 458. The summed E-state index contributed by atoms with van der Waals surface area (Å²) < 4.78 is 23.0. The van der Waals surface area contributed by atoms with Gasteiger partial charge >= 0.3 is 5.97 Å². The monoisotopic (exact) mass is 253 g/mol. The number of methoxy groups -OCH3 is 2. The van der Waals surface area contributed by atoms with Crippen molar-refractivity contribution in [2.45, 2.75) is 6.92 Å². The number of carbonyl (C=O) groups is 1. The lowest BCUT2D eigenvalue weighted by atomic mass is 10.2. The zero-order valence-electron chi connectivity index (χ0n) is 10.6. The molecule has 0 aliphatic heterocycles. The van der Waals surface area contributed by atoms with Crippen LogP contribution in [0, 0.1) is 5.82 Å². The van der Waals surface area contributed by atoms with Crippen LogP contribution in [0.4, 0.5) is 10.1 Å². The molecule has 0 atom stereocenters. The average Bonchev–Trinajstić information content (AvgIpc) is 2.39. The van der Waals surface area contributed by atoms with E-state index in [1.165, 1.54) is 26.4 Å². The Hall–Kier alpha value is -2.04. The van der Waals surface area contributed by atoms with Crippen LogP contribution in [-0.2, 0) is 9.53 Å². The minimum absolute atomic E-state index is 0.322. The normalized spacial score (nSPS) is 11.0. The largest absolute Gasteiger partial charge is 0.497 e. The van der Waals surface area contributed by atoms with E-state index in [1.54, 1.807) is 19.1 Å². The molecule has 1 aromatic carbocycles. The van der Waals surface area contributed by atoms with Gasteiger partial charge in [-0.05, 0) is 19.1 Å². The number of benzene rings is 1. The topological polar surface area (TPSA) is 47.6 Å². The predicted octanol–water partition coefficient (Wildman–Crippen LogP) is 2.37. The lowest BCUT2D eigenvalue weighted by Crippen LogP contribution is -2.06. The maximum atomic E-state index is 13.4. The summed E-state index contributed by atoms with van der Waals surface area (Å²) in [7, 11) is 2.83. The Kier molecular flexibility index (Phi) is 5.17. The third-order valence-electron chi connectivity index (χ3n) is 2.38. The minimum Gasteiger partial charge on any atom is -0.497 e. The Morgan fingerprint density at radius 2 is 2.17 bits per heavy atom. The van der Waals surface area contributed by atoms with E-state index in [0.717, 1.165) is 0 Å². The van der Waals surface area contributed by atoms with Gasteiger partial charge in [0.15, 0.2) is 0 Å². The molecule has 1 rings (SSSR count). The summed E-state index contributed by atoms with van der Waals surface area (Å²) in [6, 6.07) is 4.41. The van der Waals surface area contributed by atoms with Crippen molar-refractivity contribution in [1.82, 2.24) is 0 Å². The second-order valence-electron chi connectivity index (χ2n) is 3.61. The van der Waals surface area contributed by atoms with Gasteiger partial charge < -0.3 is 14.8 Å². The minimum atomic E-state index is -0.400. The molecule has 0 bridgehead atoms. The Balaban J connectivity index is 2.66. The predicted molar refractivity (Wildman–Crippen MR) is 67.2 cm³/mol. The van der Waals surface area contributed by atoms with Gasteiger partial charge in [0.25, 0.3) is 0 Å². The molecular formula is C13H16FNO3. The van der Waals surface area contributed by atoms with Crippen LogP contribution in [0.25, 0.3) is 0 Å². The zero-order chi connectivity index (χ0) is 13.5. The summed E-state index contributed by atoms with van der Waals surface area (Å²) in [4.78, 5) is 11.1. The molecule has 0 radical (unpaired) electrons. The van der Waals surface area contributed by atoms with E-state index in [2.05, 4.69) is 10.1 Å². The van der Waals surface area contributed by atoms with Crippen molar-refractivity contribution < 1.29 is 18.7 Å². The highest BCUT2D eigenvalue weighted by Gasteiger charge is 2.04. The molecule has 0 saturated heterocycles. The molecule has 4 nitrogen and oxygen atoms in total. The van der Waals surface area contributed by atoms with E-state index in [0.29, 0.717) is 23.6 Å². The number of esters is 1. The van der Waals surface area contributed by atoms with E-state index in [4.69, 9.17) is 4.74 Å². The molecule has 0 aliphatic rings. The molecule has 0 saturated carbocycles. The van der Waals surface area contributed by atoms with Gasteiger partial charge in [-0.1, -0.05) is 6.08 Å². The van der Waals surface area contributed by atoms with Crippen molar-refractivity contribution >= 4 is 11.7 Å². The highest BCUT2D eigenvalue weighted by Crippen LogP contribution is 2.20. The van der Waals surface area contributed by atoms with Crippen LogP contribution >= 0.6 is 0 Å². The van der Waals surface area contributed by atoms with Crippen LogP contribution in [0.3, 0.4) is 0 Å². The van der Waals surface area contributed by atoms with Gasteiger partial charge in [-0.2, -0.15) is 0 Å². The first kappa shape index (κ1) is 14.0. The van der Waals surface area contributed by atoms with Gasteiger partial charge in [0.2, 0.25) is 0 Å². The van der Waals surface area contributed by atoms with Crippen molar-refractivity contribution in [1.29, 1.82) is 0 Å². The van der Waals surface area contributed by atoms with Gasteiger partial charge in [-0.25, -0.2) is 9.18 Å². The SMILES string of the molecule is COC(=O)/C(C)=C/CNc1cc(OC)ccc1F. The van der Waals surface area contributed by atoms with Gasteiger partial charge in [0.05, 0.1) is 19.9 Å². The molecule has 0 amide bonds. The Morgan fingerprint density at radius 3 is 2.78 bits per heavy atom. The molecule has 0 aromatic heterocycles. The first-order chi connectivity index (χ1) is 8.58. The number of ether oxygens (including phenoxy) is 2. The lowest BCUT2D eigenvalue weighted by molar-refractivity contribution is -0.136. The van der Waals surface area contributed by atoms with Crippen LogP contribution in [-0.4, -0.2) is 26.7 Å². The summed E-state index contributed by atoms with van der Waals surface area (Å²) in [5.41, 5.74) is 0.788. The number of hydrogen-bond donors (Lipinski definition) is 1. The van der Waals surface area contributed by atoms with Crippen LogP contribution in [0.2, 0.25) is 0 Å². The van der Waals surface area contributed by atoms with Crippen LogP contribution in [0.1, 0.15) is 6.92 Å². The molecular weight excluding hydrogens is 237 g/mol. The fraction of sp³-hybridized carbons (Fsp3) is 0.308. The van der Waals surface area contributed by atoms with E-state index in [1.807, 2.05) is 0 Å². The maximum Gasteiger partial charge on any atom is 0.333 e.